The molecule has 0 unspecified atom stereocenters. The summed E-state index contributed by atoms with van der Waals surface area (Å²) in [6.45, 7) is 6.28. The number of fused-ring (bicyclic) bond motifs is 2. The molecule has 0 saturated heterocycles. The SMILES string of the molecule is CC(C)C.CN(C)C(=O)CNC(=O)c1ccc(-c2cnc3ncc(Cc4ccc5ncccc5c4)n3n2)cc1F. The Bertz CT molecular complexity index is 1660. The first-order valence-electron chi connectivity index (χ1n) is 12.9. The number of hydrogen-bond acceptors (Lipinski definition) is 6. The van der Waals surface area contributed by atoms with Crippen LogP contribution in [0.25, 0.3) is 27.9 Å². The highest BCUT2D eigenvalue weighted by atomic mass is 19.1. The third-order valence-electron chi connectivity index (χ3n) is 5.76. The molecule has 0 aliphatic heterocycles. The molecule has 3 heterocycles. The molecule has 10 heteroatoms. The van der Waals surface area contributed by atoms with Crippen LogP contribution < -0.4 is 5.32 Å². The average molecular weight is 542 g/mol. The molecule has 2 amide bonds. The fraction of sp³-hybridized carbons (Fsp3) is 0.267. The van der Waals surface area contributed by atoms with Crippen molar-refractivity contribution in [1.29, 1.82) is 0 Å². The Labute approximate surface area is 232 Å². The predicted octanol–water partition coefficient (Wildman–Crippen LogP) is 4.55. The number of halogens is 1. The maximum absolute atomic E-state index is 14.8. The van der Waals surface area contributed by atoms with Crippen LogP contribution in [0.15, 0.2) is 67.1 Å². The van der Waals surface area contributed by atoms with Gasteiger partial charge in [0, 0.05) is 37.7 Å². The van der Waals surface area contributed by atoms with Gasteiger partial charge >= 0.3 is 0 Å². The van der Waals surface area contributed by atoms with E-state index in [4.69, 9.17) is 0 Å². The van der Waals surface area contributed by atoms with Crippen LogP contribution in [-0.2, 0) is 11.2 Å². The molecule has 0 fully saturated rings. The van der Waals surface area contributed by atoms with Crippen molar-refractivity contribution in [2.75, 3.05) is 20.6 Å². The minimum atomic E-state index is -0.722. The van der Waals surface area contributed by atoms with Crippen molar-refractivity contribution >= 4 is 28.5 Å². The summed E-state index contributed by atoms with van der Waals surface area (Å²) in [7, 11) is 3.15. The number of imidazole rings is 1. The second-order valence-corrected chi connectivity index (χ2v) is 10.2. The first-order valence-corrected chi connectivity index (χ1v) is 12.9. The standard InChI is InChI=1S/C26H22FN7O2.C4H10/c1-33(2)24(35)15-29-25(36)20-7-6-18(12-21(20)27)23-14-31-26-30-13-19(34(26)32-23)11-16-5-8-22-17(10-16)4-3-9-28-22;1-4(2)3/h3-10,12-14H,11,15H2,1-2H3,(H,29,36);4H,1-3H3. The van der Waals surface area contributed by atoms with Gasteiger partial charge in [-0.15, -0.1) is 0 Å². The highest BCUT2D eigenvalue weighted by Gasteiger charge is 2.16. The Morgan fingerprint density at radius 2 is 1.75 bits per heavy atom. The van der Waals surface area contributed by atoms with Gasteiger partial charge in [0.15, 0.2) is 0 Å². The molecule has 0 radical (unpaired) electrons. The first kappa shape index (κ1) is 28.3. The van der Waals surface area contributed by atoms with E-state index in [1.54, 1.807) is 37.1 Å². The van der Waals surface area contributed by atoms with E-state index in [0.29, 0.717) is 23.5 Å². The molecule has 0 bridgehead atoms. The summed E-state index contributed by atoms with van der Waals surface area (Å²) in [6, 6.07) is 14.2. The number of amides is 2. The van der Waals surface area contributed by atoms with E-state index in [0.717, 1.165) is 28.1 Å². The van der Waals surface area contributed by atoms with Gasteiger partial charge in [0.25, 0.3) is 11.7 Å². The smallest absolute Gasteiger partial charge is 0.254 e. The lowest BCUT2D eigenvalue weighted by Crippen LogP contribution is -2.36. The van der Waals surface area contributed by atoms with Gasteiger partial charge in [0.1, 0.15) is 11.5 Å². The minimum absolute atomic E-state index is 0.159. The van der Waals surface area contributed by atoms with E-state index in [9.17, 15) is 14.0 Å². The number of hydrogen-bond donors (Lipinski definition) is 1. The molecule has 0 aliphatic carbocycles. The largest absolute Gasteiger partial charge is 0.347 e. The van der Waals surface area contributed by atoms with E-state index >= 15 is 0 Å². The molecule has 9 nitrogen and oxygen atoms in total. The Kier molecular flexibility index (Phi) is 8.78. The lowest BCUT2D eigenvalue weighted by atomic mass is 10.1. The molecule has 3 aromatic heterocycles. The number of carbonyl (C=O) groups is 2. The van der Waals surface area contributed by atoms with Gasteiger partial charge < -0.3 is 10.2 Å². The monoisotopic (exact) mass is 541 g/mol. The van der Waals surface area contributed by atoms with Crippen molar-refractivity contribution in [1.82, 2.24) is 34.8 Å². The normalized spacial score (nSPS) is 10.9. The van der Waals surface area contributed by atoms with Gasteiger partial charge in [-0.3, -0.25) is 14.6 Å². The molecule has 2 aromatic carbocycles. The number of benzene rings is 2. The summed E-state index contributed by atoms with van der Waals surface area (Å²) in [6.07, 6.45) is 5.56. The maximum atomic E-state index is 14.8. The molecule has 0 atom stereocenters. The van der Waals surface area contributed by atoms with Crippen molar-refractivity contribution in [3.8, 4) is 11.3 Å². The summed E-state index contributed by atoms with van der Waals surface area (Å²) in [5.41, 5.74) is 3.54. The zero-order chi connectivity index (χ0) is 28.8. The quantitative estimate of drug-likeness (QED) is 0.338. The zero-order valence-electron chi connectivity index (χ0n) is 23.2. The Morgan fingerprint density at radius 1 is 1.00 bits per heavy atom. The predicted molar refractivity (Wildman–Crippen MR) is 152 cm³/mol. The highest BCUT2D eigenvalue weighted by Crippen LogP contribution is 2.21. The van der Waals surface area contributed by atoms with Crippen LogP contribution >= 0.6 is 0 Å². The molecular weight excluding hydrogens is 509 g/mol. The van der Waals surface area contributed by atoms with Crippen LogP contribution in [-0.4, -0.2) is 61.9 Å². The molecule has 1 N–H and O–H groups in total. The van der Waals surface area contributed by atoms with E-state index in [-0.39, 0.29) is 18.0 Å². The van der Waals surface area contributed by atoms with Crippen molar-refractivity contribution in [2.45, 2.75) is 27.2 Å². The van der Waals surface area contributed by atoms with Gasteiger partial charge in [-0.05, 0) is 41.8 Å². The van der Waals surface area contributed by atoms with Crippen molar-refractivity contribution in [2.24, 2.45) is 5.92 Å². The van der Waals surface area contributed by atoms with Crippen molar-refractivity contribution < 1.29 is 14.0 Å². The van der Waals surface area contributed by atoms with Crippen LogP contribution in [0.1, 0.15) is 42.4 Å². The maximum Gasteiger partial charge on any atom is 0.254 e. The van der Waals surface area contributed by atoms with Gasteiger partial charge in [-0.1, -0.05) is 39.0 Å². The molecule has 0 saturated carbocycles. The second-order valence-electron chi connectivity index (χ2n) is 10.2. The van der Waals surface area contributed by atoms with Crippen molar-refractivity contribution in [3.05, 3.63) is 89.8 Å². The number of pyridine rings is 1. The van der Waals surface area contributed by atoms with Crippen LogP contribution in [0.2, 0.25) is 0 Å². The van der Waals surface area contributed by atoms with Crippen LogP contribution in [0.5, 0.6) is 0 Å². The van der Waals surface area contributed by atoms with Gasteiger partial charge in [-0.25, -0.2) is 18.9 Å². The van der Waals surface area contributed by atoms with E-state index in [2.05, 4.69) is 52.2 Å². The molecule has 206 valence electrons. The van der Waals surface area contributed by atoms with Crippen LogP contribution in [0.3, 0.4) is 0 Å². The molecule has 0 aliphatic rings. The summed E-state index contributed by atoms with van der Waals surface area (Å²) in [4.78, 5) is 38.4. The van der Waals surface area contributed by atoms with Crippen molar-refractivity contribution in [3.63, 3.8) is 0 Å². The average Bonchev–Trinajstić information content (AvgIpc) is 3.32. The molecule has 5 aromatic rings. The molecule has 5 rings (SSSR count). The fourth-order valence-corrected chi connectivity index (χ4v) is 3.78. The molecule has 40 heavy (non-hydrogen) atoms. The summed E-state index contributed by atoms with van der Waals surface area (Å²) < 4.78 is 16.4. The van der Waals surface area contributed by atoms with Gasteiger partial charge in [0.05, 0.1) is 35.7 Å². The second kappa shape index (κ2) is 12.4. The highest BCUT2D eigenvalue weighted by molar-refractivity contribution is 5.97. The van der Waals surface area contributed by atoms with E-state index < -0.39 is 11.7 Å². The van der Waals surface area contributed by atoms with Crippen LogP contribution in [0, 0.1) is 11.7 Å². The Hall–Kier alpha value is -4.73. The molecule has 0 spiro atoms. The number of aromatic nitrogens is 5. The Morgan fingerprint density at radius 3 is 2.48 bits per heavy atom. The minimum Gasteiger partial charge on any atom is -0.347 e. The lowest BCUT2D eigenvalue weighted by molar-refractivity contribution is -0.127. The number of nitrogens with one attached hydrogen (secondary N) is 1. The van der Waals surface area contributed by atoms with Gasteiger partial charge in [-0.2, -0.15) is 5.10 Å². The topological polar surface area (TPSA) is 105 Å². The van der Waals surface area contributed by atoms with E-state index in [1.165, 1.54) is 23.2 Å². The third-order valence-corrected chi connectivity index (χ3v) is 5.76. The number of nitrogens with zero attached hydrogens (tertiary/aromatic N) is 6. The van der Waals surface area contributed by atoms with Crippen LogP contribution in [0.4, 0.5) is 4.39 Å². The van der Waals surface area contributed by atoms with E-state index in [1.807, 2.05) is 24.3 Å². The fourth-order valence-electron chi connectivity index (χ4n) is 3.78. The molecular formula is C30H32FN7O2. The summed E-state index contributed by atoms with van der Waals surface area (Å²) in [5, 5.41) is 8.09. The number of carbonyl (C=O) groups excluding carboxylic acids is 2. The lowest BCUT2D eigenvalue weighted by Gasteiger charge is -2.11. The Balaban J connectivity index is 0.000000867. The number of likely N-dealkylation sites (N-methyl/N-ethyl adjacent to an activating group) is 1. The summed E-state index contributed by atoms with van der Waals surface area (Å²) in [5.74, 6) is -0.420. The first-order chi connectivity index (χ1) is 19.1. The summed E-state index contributed by atoms with van der Waals surface area (Å²) >= 11 is 0. The number of rotatable bonds is 6. The zero-order valence-corrected chi connectivity index (χ0v) is 23.2. The van der Waals surface area contributed by atoms with Gasteiger partial charge in [0.2, 0.25) is 5.91 Å². The third kappa shape index (κ3) is 6.82.